The quantitative estimate of drug-likeness (QED) is 0.361. The largest absolute Gasteiger partial charge is 0.504 e. The second kappa shape index (κ2) is 9.08. The van der Waals surface area contributed by atoms with Crippen LogP contribution in [0.25, 0.3) is 0 Å². The minimum absolute atomic E-state index is 0.0373. The summed E-state index contributed by atoms with van der Waals surface area (Å²) in [4.78, 5) is 0. The molecule has 3 N–H and O–H groups in total. The average molecular weight is 356 g/mol. The van der Waals surface area contributed by atoms with Gasteiger partial charge in [0, 0.05) is 19.1 Å². The summed E-state index contributed by atoms with van der Waals surface area (Å²) in [5.41, 5.74) is 2.17. The van der Waals surface area contributed by atoms with Gasteiger partial charge in [-0.05, 0) is 42.2 Å². The number of aromatic hydroxyl groups is 2. The summed E-state index contributed by atoms with van der Waals surface area (Å²) in [6.45, 7) is 7.41. The highest BCUT2D eigenvalue weighted by molar-refractivity contribution is 5.59. The van der Waals surface area contributed by atoms with Gasteiger partial charge in [-0.15, -0.1) is 13.2 Å². The van der Waals surface area contributed by atoms with Crippen LogP contribution in [-0.2, 0) is 24.0 Å². The van der Waals surface area contributed by atoms with Crippen LogP contribution in [0.1, 0.15) is 16.7 Å². The summed E-state index contributed by atoms with van der Waals surface area (Å²) in [6, 6.07) is 9.01. The van der Waals surface area contributed by atoms with Gasteiger partial charge in [0.25, 0.3) is 0 Å². The third-order valence-electron chi connectivity index (χ3n) is 3.98. The molecule has 0 aromatic heterocycles. The number of allylic oxidation sites excluding steroid dienone is 2. The molecule has 0 aliphatic carbocycles. The number of rotatable bonds is 9. The Morgan fingerprint density at radius 2 is 1.69 bits per heavy atom. The van der Waals surface area contributed by atoms with Crippen LogP contribution in [0.5, 0.6) is 23.0 Å². The minimum atomic E-state index is -1.09. The summed E-state index contributed by atoms with van der Waals surface area (Å²) in [6.07, 6.45) is 3.63. The lowest BCUT2D eigenvalue weighted by atomic mass is 9.99. The van der Waals surface area contributed by atoms with Crippen LogP contribution >= 0.6 is 0 Å². The first kappa shape index (κ1) is 19.6. The van der Waals surface area contributed by atoms with Crippen molar-refractivity contribution in [2.75, 3.05) is 7.11 Å². The maximum atomic E-state index is 10.4. The molecule has 0 heterocycles. The summed E-state index contributed by atoms with van der Waals surface area (Å²) in [7, 11) is 1.36. The number of phenols is 2. The van der Waals surface area contributed by atoms with E-state index in [0.29, 0.717) is 23.3 Å². The average Bonchev–Trinajstić information content (AvgIpc) is 2.64. The Balaban J connectivity index is 2.36. The molecule has 0 saturated carbocycles. The lowest BCUT2D eigenvalue weighted by Crippen LogP contribution is -2.14. The molecule has 0 bridgehead atoms. The van der Waals surface area contributed by atoms with Gasteiger partial charge >= 0.3 is 0 Å². The Hall–Kier alpha value is -2.76. The molecule has 0 fully saturated rings. The Kier molecular flexibility index (Phi) is 6.83. The lowest BCUT2D eigenvalue weighted by Gasteiger charge is -2.17. The molecular weight excluding hydrogens is 332 g/mol. The molecule has 0 aliphatic rings. The Morgan fingerprint density at radius 1 is 1.04 bits per heavy atom. The van der Waals surface area contributed by atoms with Gasteiger partial charge in [-0.1, -0.05) is 24.3 Å². The molecular formula is C21H24O5. The van der Waals surface area contributed by atoms with E-state index in [1.54, 1.807) is 24.3 Å². The zero-order valence-electron chi connectivity index (χ0n) is 14.8. The summed E-state index contributed by atoms with van der Waals surface area (Å²) >= 11 is 0. The zero-order chi connectivity index (χ0) is 19.1. The van der Waals surface area contributed by atoms with Crippen LogP contribution in [0, 0.1) is 0 Å². The molecule has 0 aliphatic heterocycles. The third-order valence-corrected chi connectivity index (χ3v) is 3.98. The van der Waals surface area contributed by atoms with Crippen LogP contribution < -0.4 is 4.74 Å². The number of benzene rings is 2. The zero-order valence-corrected chi connectivity index (χ0v) is 14.8. The maximum Gasteiger partial charge on any atom is 0.201 e. The highest BCUT2D eigenvalue weighted by atomic mass is 16.6. The molecule has 0 saturated heterocycles. The van der Waals surface area contributed by atoms with Crippen molar-refractivity contribution in [2.45, 2.75) is 25.6 Å². The van der Waals surface area contributed by atoms with E-state index in [1.165, 1.54) is 7.11 Å². The van der Waals surface area contributed by atoms with Crippen molar-refractivity contribution < 1.29 is 24.8 Å². The van der Waals surface area contributed by atoms with Crippen molar-refractivity contribution >= 4 is 0 Å². The van der Waals surface area contributed by atoms with Crippen LogP contribution in [0.3, 0.4) is 0 Å². The maximum absolute atomic E-state index is 10.4. The van der Waals surface area contributed by atoms with Crippen molar-refractivity contribution in [3.8, 4) is 23.0 Å². The van der Waals surface area contributed by atoms with Gasteiger partial charge in [-0.25, -0.2) is 0 Å². The van der Waals surface area contributed by atoms with Gasteiger partial charge in [0.2, 0.25) is 5.75 Å². The minimum Gasteiger partial charge on any atom is -0.504 e. The van der Waals surface area contributed by atoms with Crippen LogP contribution in [0.2, 0.25) is 0 Å². The monoisotopic (exact) mass is 356 g/mol. The Labute approximate surface area is 153 Å². The van der Waals surface area contributed by atoms with Gasteiger partial charge in [-0.2, -0.15) is 0 Å². The Morgan fingerprint density at radius 3 is 2.27 bits per heavy atom. The molecule has 138 valence electrons. The van der Waals surface area contributed by atoms with Crippen molar-refractivity contribution in [1.29, 1.82) is 0 Å². The van der Waals surface area contributed by atoms with E-state index >= 15 is 0 Å². The number of hydrogen-bond donors (Lipinski definition) is 3. The first-order valence-electron chi connectivity index (χ1n) is 8.26. The van der Waals surface area contributed by atoms with Gasteiger partial charge < -0.3 is 24.8 Å². The molecule has 2 rings (SSSR count). The fourth-order valence-electron chi connectivity index (χ4n) is 2.61. The van der Waals surface area contributed by atoms with Crippen molar-refractivity contribution in [3.05, 3.63) is 72.3 Å². The molecule has 5 heteroatoms. The number of ether oxygens (including phenoxy) is 2. The summed E-state index contributed by atoms with van der Waals surface area (Å²) in [5, 5.41) is 30.4. The Bertz CT molecular complexity index is 765. The molecule has 1 atom stereocenters. The summed E-state index contributed by atoms with van der Waals surface area (Å²) < 4.78 is 10.6. The second-order valence-electron chi connectivity index (χ2n) is 5.84. The lowest BCUT2D eigenvalue weighted by molar-refractivity contribution is -0.0724. The molecule has 5 nitrogen and oxygen atoms in total. The van der Waals surface area contributed by atoms with Gasteiger partial charge in [0.1, 0.15) is 5.75 Å². The van der Waals surface area contributed by atoms with E-state index in [9.17, 15) is 15.3 Å². The van der Waals surface area contributed by atoms with Gasteiger partial charge in [-0.3, -0.25) is 0 Å². The van der Waals surface area contributed by atoms with E-state index in [1.807, 2.05) is 18.2 Å². The van der Waals surface area contributed by atoms with Crippen LogP contribution in [0.4, 0.5) is 0 Å². The smallest absolute Gasteiger partial charge is 0.201 e. The van der Waals surface area contributed by atoms with E-state index in [2.05, 4.69) is 13.2 Å². The van der Waals surface area contributed by atoms with Crippen molar-refractivity contribution in [3.63, 3.8) is 0 Å². The highest BCUT2D eigenvalue weighted by Crippen LogP contribution is 2.43. The molecule has 0 radical (unpaired) electrons. The molecule has 0 amide bonds. The molecule has 2 aromatic rings. The van der Waals surface area contributed by atoms with E-state index in [4.69, 9.17) is 9.47 Å². The fraction of sp³-hybridized carbons (Fsp3) is 0.238. The molecule has 1 unspecified atom stereocenters. The predicted octanol–water partition coefficient (Wildman–Crippen LogP) is 3.85. The summed E-state index contributed by atoms with van der Waals surface area (Å²) in [5.74, 6) is -0.0572. The predicted molar refractivity (Wildman–Crippen MR) is 101 cm³/mol. The number of aliphatic hydroxyl groups excluding tert-OH is 1. The van der Waals surface area contributed by atoms with Crippen molar-refractivity contribution in [2.24, 2.45) is 0 Å². The SMILES string of the molecule is C=CCc1ccc(Oc2cc(CC=C)c(CC(O)OC)c(O)c2O)cc1. The third kappa shape index (κ3) is 4.65. The number of methoxy groups -OCH3 is 1. The van der Waals surface area contributed by atoms with Gasteiger partial charge in [0.15, 0.2) is 17.8 Å². The van der Waals surface area contributed by atoms with Gasteiger partial charge in [0.05, 0.1) is 0 Å². The second-order valence-corrected chi connectivity index (χ2v) is 5.84. The van der Waals surface area contributed by atoms with Crippen LogP contribution in [-0.4, -0.2) is 28.7 Å². The fourth-order valence-corrected chi connectivity index (χ4v) is 2.61. The highest BCUT2D eigenvalue weighted by Gasteiger charge is 2.20. The normalized spacial score (nSPS) is 11.8. The van der Waals surface area contributed by atoms with Crippen LogP contribution in [0.15, 0.2) is 55.6 Å². The number of hydrogen-bond acceptors (Lipinski definition) is 5. The van der Waals surface area contributed by atoms with Crippen molar-refractivity contribution in [1.82, 2.24) is 0 Å². The molecule has 2 aromatic carbocycles. The standard InChI is InChI=1S/C21H24O5/c1-4-6-14-8-10-16(11-9-14)26-18-12-15(7-5-2)17(13-19(22)25-3)20(23)21(18)24/h4-5,8-12,19,22-24H,1-2,6-7,13H2,3H3. The van der Waals surface area contributed by atoms with E-state index < -0.39 is 6.29 Å². The van der Waals surface area contributed by atoms with E-state index in [-0.39, 0.29) is 23.7 Å². The number of phenolic OH excluding ortho intramolecular Hbond substituents is 2. The molecule has 26 heavy (non-hydrogen) atoms. The molecule has 0 spiro atoms. The first-order chi connectivity index (χ1) is 12.5. The van der Waals surface area contributed by atoms with E-state index in [0.717, 1.165) is 12.0 Å². The topological polar surface area (TPSA) is 79.2 Å². The first-order valence-corrected chi connectivity index (χ1v) is 8.26. The number of aliphatic hydroxyl groups is 1.